The van der Waals surface area contributed by atoms with E-state index in [1.54, 1.807) is 39.0 Å². The van der Waals surface area contributed by atoms with Crippen molar-refractivity contribution in [2.24, 2.45) is 0 Å². The van der Waals surface area contributed by atoms with E-state index in [9.17, 15) is 14.4 Å². The Kier molecular flexibility index (Phi) is 6.05. The lowest BCUT2D eigenvalue weighted by Gasteiger charge is -2.18. The molecule has 7 nitrogen and oxygen atoms in total. The standard InChI is InChI=1S/C20H25N3O4/c1-10-18(13(4)24)11(2)22-19(10)20(26)12(3)21-16-9-15(23-14(5)25)7-8-17(16)27-6/h7-9,12,21-22H,1-6H3,(H,23,25)/t12-/m0/s1. The van der Waals surface area contributed by atoms with Gasteiger partial charge in [-0.1, -0.05) is 0 Å². The van der Waals surface area contributed by atoms with E-state index < -0.39 is 6.04 Å². The van der Waals surface area contributed by atoms with Gasteiger partial charge in [0.25, 0.3) is 0 Å². The molecule has 27 heavy (non-hydrogen) atoms. The van der Waals surface area contributed by atoms with Crippen molar-refractivity contribution in [1.29, 1.82) is 0 Å². The van der Waals surface area contributed by atoms with Crippen molar-refractivity contribution in [2.75, 3.05) is 17.7 Å². The summed E-state index contributed by atoms with van der Waals surface area (Å²) < 4.78 is 5.33. The van der Waals surface area contributed by atoms with Crippen LogP contribution in [0.4, 0.5) is 11.4 Å². The molecular weight excluding hydrogens is 346 g/mol. The van der Waals surface area contributed by atoms with Crippen LogP contribution in [0.1, 0.15) is 52.9 Å². The summed E-state index contributed by atoms with van der Waals surface area (Å²) >= 11 is 0. The van der Waals surface area contributed by atoms with Gasteiger partial charge in [-0.15, -0.1) is 0 Å². The third-order valence-electron chi connectivity index (χ3n) is 4.32. The van der Waals surface area contributed by atoms with Crippen LogP contribution in [0.25, 0.3) is 0 Å². The lowest BCUT2D eigenvalue weighted by molar-refractivity contribution is -0.114. The fourth-order valence-electron chi connectivity index (χ4n) is 3.14. The monoisotopic (exact) mass is 371 g/mol. The van der Waals surface area contributed by atoms with E-state index in [0.717, 1.165) is 0 Å². The molecule has 0 spiro atoms. The van der Waals surface area contributed by atoms with Crippen LogP contribution in [-0.2, 0) is 4.79 Å². The van der Waals surface area contributed by atoms with Crippen LogP contribution < -0.4 is 15.4 Å². The first-order valence-corrected chi connectivity index (χ1v) is 8.62. The Bertz CT molecular complexity index is 899. The Morgan fingerprint density at radius 2 is 1.81 bits per heavy atom. The molecule has 0 aliphatic heterocycles. The van der Waals surface area contributed by atoms with Crippen molar-refractivity contribution in [3.63, 3.8) is 0 Å². The smallest absolute Gasteiger partial charge is 0.221 e. The number of aryl methyl sites for hydroxylation is 1. The predicted molar refractivity (Wildman–Crippen MR) is 105 cm³/mol. The quantitative estimate of drug-likeness (QED) is 0.647. The van der Waals surface area contributed by atoms with E-state index in [-0.39, 0.29) is 17.5 Å². The molecule has 0 saturated heterocycles. The van der Waals surface area contributed by atoms with E-state index in [2.05, 4.69) is 15.6 Å². The maximum Gasteiger partial charge on any atom is 0.221 e. The maximum absolute atomic E-state index is 12.9. The van der Waals surface area contributed by atoms with Crippen LogP contribution >= 0.6 is 0 Å². The number of ether oxygens (including phenoxy) is 1. The molecule has 1 heterocycles. The van der Waals surface area contributed by atoms with Gasteiger partial charge in [0.2, 0.25) is 11.7 Å². The normalized spacial score (nSPS) is 11.6. The Morgan fingerprint density at radius 1 is 1.15 bits per heavy atom. The molecular formula is C20H25N3O4. The number of aromatic nitrogens is 1. The highest BCUT2D eigenvalue weighted by atomic mass is 16.5. The van der Waals surface area contributed by atoms with Crippen LogP contribution in [0.3, 0.4) is 0 Å². The molecule has 144 valence electrons. The van der Waals surface area contributed by atoms with Crippen LogP contribution in [0.5, 0.6) is 5.75 Å². The minimum absolute atomic E-state index is 0.0782. The van der Waals surface area contributed by atoms with Gasteiger partial charge >= 0.3 is 0 Å². The van der Waals surface area contributed by atoms with Gasteiger partial charge in [0.1, 0.15) is 5.75 Å². The summed E-state index contributed by atoms with van der Waals surface area (Å²) in [5, 5.41) is 5.83. The summed E-state index contributed by atoms with van der Waals surface area (Å²) in [6, 6.07) is 4.55. The van der Waals surface area contributed by atoms with E-state index in [0.29, 0.717) is 39.6 Å². The number of methoxy groups -OCH3 is 1. The maximum atomic E-state index is 12.9. The summed E-state index contributed by atoms with van der Waals surface area (Å²) in [6.45, 7) is 8.18. The van der Waals surface area contributed by atoms with Gasteiger partial charge in [0.05, 0.1) is 24.5 Å². The first-order chi connectivity index (χ1) is 12.6. The van der Waals surface area contributed by atoms with Crippen molar-refractivity contribution in [1.82, 2.24) is 4.98 Å². The van der Waals surface area contributed by atoms with Crippen molar-refractivity contribution < 1.29 is 19.1 Å². The zero-order valence-corrected chi connectivity index (χ0v) is 16.4. The molecule has 0 saturated carbocycles. The van der Waals surface area contributed by atoms with Crippen LogP contribution in [-0.4, -0.2) is 35.6 Å². The molecule has 0 fully saturated rings. The average Bonchev–Trinajstić information content (AvgIpc) is 2.88. The van der Waals surface area contributed by atoms with Crippen molar-refractivity contribution >= 4 is 28.8 Å². The lowest BCUT2D eigenvalue weighted by atomic mass is 10.0. The largest absolute Gasteiger partial charge is 0.495 e. The third kappa shape index (κ3) is 4.36. The number of H-pyrrole nitrogens is 1. The third-order valence-corrected chi connectivity index (χ3v) is 4.32. The number of amides is 1. The number of hydrogen-bond acceptors (Lipinski definition) is 5. The Morgan fingerprint density at radius 3 is 2.33 bits per heavy atom. The molecule has 1 aromatic heterocycles. The van der Waals surface area contributed by atoms with Crippen LogP contribution in [0.2, 0.25) is 0 Å². The summed E-state index contributed by atoms with van der Waals surface area (Å²) in [5.41, 5.74) is 3.47. The van der Waals surface area contributed by atoms with Crippen molar-refractivity contribution in [3.05, 3.63) is 40.7 Å². The van der Waals surface area contributed by atoms with E-state index in [4.69, 9.17) is 4.74 Å². The van der Waals surface area contributed by atoms with Gasteiger partial charge < -0.3 is 20.4 Å². The zero-order chi connectivity index (χ0) is 20.3. The van der Waals surface area contributed by atoms with Gasteiger partial charge in [0, 0.05) is 23.9 Å². The second-order valence-electron chi connectivity index (χ2n) is 6.51. The molecule has 1 atom stereocenters. The molecule has 0 aliphatic carbocycles. The minimum Gasteiger partial charge on any atom is -0.495 e. The Balaban J connectivity index is 2.30. The number of benzene rings is 1. The van der Waals surface area contributed by atoms with Crippen LogP contribution in [0.15, 0.2) is 18.2 Å². The lowest BCUT2D eigenvalue weighted by Crippen LogP contribution is -2.27. The number of rotatable bonds is 7. The van der Waals surface area contributed by atoms with E-state index in [1.165, 1.54) is 21.0 Å². The number of aromatic amines is 1. The summed E-state index contributed by atoms with van der Waals surface area (Å²) in [6.07, 6.45) is 0. The van der Waals surface area contributed by atoms with Gasteiger partial charge in [0.15, 0.2) is 5.78 Å². The molecule has 1 amide bonds. The second-order valence-corrected chi connectivity index (χ2v) is 6.51. The van der Waals surface area contributed by atoms with Gasteiger partial charge in [-0.05, 0) is 51.5 Å². The first kappa shape index (κ1) is 20.2. The first-order valence-electron chi connectivity index (χ1n) is 8.62. The average molecular weight is 371 g/mol. The highest BCUT2D eigenvalue weighted by molar-refractivity contribution is 6.06. The highest BCUT2D eigenvalue weighted by Gasteiger charge is 2.24. The number of carbonyl (C=O) groups excluding carboxylic acids is 3. The fraction of sp³-hybridized carbons (Fsp3) is 0.350. The summed E-state index contributed by atoms with van der Waals surface area (Å²) in [4.78, 5) is 39.0. The molecule has 0 unspecified atom stereocenters. The molecule has 2 aromatic rings. The number of nitrogens with one attached hydrogen (secondary N) is 3. The number of Topliss-reactive ketones (excluding diaryl/α,β-unsaturated/α-hetero) is 2. The van der Waals surface area contributed by atoms with Crippen molar-refractivity contribution in [3.8, 4) is 5.75 Å². The number of carbonyl (C=O) groups is 3. The SMILES string of the molecule is COc1ccc(NC(C)=O)cc1N[C@@H](C)C(=O)c1[nH]c(C)c(C(C)=O)c1C. The van der Waals surface area contributed by atoms with Gasteiger partial charge in [-0.25, -0.2) is 0 Å². The van der Waals surface area contributed by atoms with E-state index >= 15 is 0 Å². The minimum atomic E-state index is -0.581. The second kappa shape index (κ2) is 8.07. The highest BCUT2D eigenvalue weighted by Crippen LogP contribution is 2.29. The molecule has 7 heteroatoms. The molecule has 3 N–H and O–H groups in total. The molecule has 0 bridgehead atoms. The fourth-order valence-corrected chi connectivity index (χ4v) is 3.14. The molecule has 0 aliphatic rings. The van der Waals surface area contributed by atoms with Crippen LogP contribution in [0, 0.1) is 13.8 Å². The molecule has 1 aromatic carbocycles. The van der Waals surface area contributed by atoms with Gasteiger partial charge in [-0.3, -0.25) is 14.4 Å². The zero-order valence-electron chi connectivity index (χ0n) is 16.4. The summed E-state index contributed by atoms with van der Waals surface area (Å²) in [7, 11) is 1.53. The topological polar surface area (TPSA) is 100 Å². The number of hydrogen-bond donors (Lipinski definition) is 3. The number of anilines is 2. The molecule has 2 rings (SSSR count). The molecule has 0 radical (unpaired) electrons. The summed E-state index contributed by atoms with van der Waals surface area (Å²) in [5.74, 6) is 0.109. The predicted octanol–water partition coefficient (Wildman–Crippen LogP) is 3.48. The number of ketones is 2. The Labute approximate surface area is 158 Å². The van der Waals surface area contributed by atoms with E-state index in [1.807, 2.05) is 0 Å². The van der Waals surface area contributed by atoms with Gasteiger partial charge in [-0.2, -0.15) is 0 Å². The Hall–Kier alpha value is -3.09. The van der Waals surface area contributed by atoms with Crippen molar-refractivity contribution in [2.45, 2.75) is 40.7 Å².